The van der Waals surface area contributed by atoms with Crippen LogP contribution in [0.4, 0.5) is 0 Å². The Morgan fingerprint density at radius 3 is 2.25 bits per heavy atom. The number of ether oxygens (including phenoxy) is 1. The monoisotopic (exact) mass is 116 g/mol. The van der Waals surface area contributed by atoms with Gasteiger partial charge in [0.15, 0.2) is 6.29 Å². The van der Waals surface area contributed by atoms with E-state index in [0.717, 1.165) is 6.42 Å². The van der Waals surface area contributed by atoms with Gasteiger partial charge in [0, 0.05) is 6.42 Å². The number of hydrogen-bond acceptors (Lipinski definition) is 2. The fourth-order valence-corrected chi connectivity index (χ4v) is 0.947. The Hall–Kier alpha value is -0.0800. The fourth-order valence-electron chi connectivity index (χ4n) is 0.947. The maximum Gasteiger partial charge on any atom is 0.155 e. The highest BCUT2D eigenvalue weighted by Gasteiger charge is 2.26. The Kier molecular flexibility index (Phi) is 1.54. The van der Waals surface area contributed by atoms with E-state index in [4.69, 9.17) is 9.84 Å². The van der Waals surface area contributed by atoms with Crippen molar-refractivity contribution in [3.63, 3.8) is 0 Å². The molecule has 0 aliphatic carbocycles. The van der Waals surface area contributed by atoms with Gasteiger partial charge in [-0.2, -0.15) is 0 Å². The molecule has 0 saturated carbocycles. The molecule has 1 fully saturated rings. The molecule has 48 valence electrons. The normalized spacial score (nSPS) is 47.6. The molecule has 3 atom stereocenters. The first kappa shape index (κ1) is 6.05. The third-order valence-corrected chi connectivity index (χ3v) is 1.75. The Morgan fingerprint density at radius 2 is 2.12 bits per heavy atom. The molecule has 1 unspecified atom stereocenters. The largest absolute Gasteiger partial charge is 0.368 e. The lowest BCUT2D eigenvalue weighted by molar-refractivity contribution is -0.0863. The quantitative estimate of drug-likeness (QED) is 0.506. The van der Waals surface area contributed by atoms with Gasteiger partial charge in [-0.3, -0.25) is 0 Å². The van der Waals surface area contributed by atoms with Gasteiger partial charge < -0.3 is 9.84 Å². The number of rotatable bonds is 0. The highest BCUT2D eigenvalue weighted by Crippen LogP contribution is 2.23. The summed E-state index contributed by atoms with van der Waals surface area (Å²) in [6, 6.07) is 0. The van der Waals surface area contributed by atoms with Gasteiger partial charge >= 0.3 is 0 Å². The molecule has 0 radical (unpaired) electrons. The van der Waals surface area contributed by atoms with Crippen LogP contribution in [0.25, 0.3) is 0 Å². The first-order valence-electron chi connectivity index (χ1n) is 3.03. The Balaban J connectivity index is 2.39. The second-order valence-corrected chi connectivity index (χ2v) is 2.51. The molecule has 2 nitrogen and oxygen atoms in total. The van der Waals surface area contributed by atoms with Gasteiger partial charge in [-0.05, 0) is 12.8 Å². The van der Waals surface area contributed by atoms with Crippen molar-refractivity contribution >= 4 is 0 Å². The lowest BCUT2D eigenvalue weighted by Gasteiger charge is -2.04. The summed E-state index contributed by atoms with van der Waals surface area (Å²) >= 11 is 0. The van der Waals surface area contributed by atoms with Gasteiger partial charge in [0.25, 0.3) is 0 Å². The minimum Gasteiger partial charge on any atom is -0.368 e. The highest BCUT2D eigenvalue weighted by atomic mass is 16.6. The average Bonchev–Trinajstić information content (AvgIpc) is 1.85. The molecule has 2 heteroatoms. The van der Waals surface area contributed by atoms with Crippen LogP contribution < -0.4 is 0 Å². The van der Waals surface area contributed by atoms with Crippen molar-refractivity contribution in [3.05, 3.63) is 0 Å². The summed E-state index contributed by atoms with van der Waals surface area (Å²) in [4.78, 5) is 0. The molecule has 1 heterocycles. The predicted octanol–water partition coefficient (Wildman–Crippen LogP) is 0.750. The van der Waals surface area contributed by atoms with E-state index in [0.29, 0.717) is 5.92 Å². The van der Waals surface area contributed by atoms with Gasteiger partial charge in [-0.25, -0.2) is 0 Å². The lowest BCUT2D eigenvalue weighted by Crippen LogP contribution is -2.07. The van der Waals surface area contributed by atoms with Crippen molar-refractivity contribution < 1.29 is 9.84 Å². The summed E-state index contributed by atoms with van der Waals surface area (Å²) in [5.74, 6) is 0.519. The molecule has 1 rings (SSSR count). The van der Waals surface area contributed by atoms with Gasteiger partial charge in [-0.15, -0.1) is 0 Å². The minimum atomic E-state index is -0.500. The summed E-state index contributed by atoms with van der Waals surface area (Å²) < 4.78 is 5.03. The van der Waals surface area contributed by atoms with E-state index in [1.54, 1.807) is 0 Å². The standard InChI is InChI=1S/C6H12O2/c1-4-3-6(7)8-5(4)2/h4-7H,3H2,1-2H3/t4-,5-,6?/m1/s1. The van der Waals surface area contributed by atoms with Crippen LogP contribution in [0.2, 0.25) is 0 Å². The van der Waals surface area contributed by atoms with E-state index < -0.39 is 6.29 Å². The van der Waals surface area contributed by atoms with Crippen LogP contribution >= 0.6 is 0 Å². The summed E-state index contributed by atoms with van der Waals surface area (Å²) in [7, 11) is 0. The van der Waals surface area contributed by atoms with Crippen LogP contribution in [0.1, 0.15) is 20.3 Å². The lowest BCUT2D eigenvalue weighted by atomic mass is 10.1. The Bertz CT molecular complexity index is 72.6. The van der Waals surface area contributed by atoms with Gasteiger partial charge in [0.2, 0.25) is 0 Å². The first-order chi connectivity index (χ1) is 3.70. The van der Waals surface area contributed by atoms with Crippen molar-refractivity contribution in [3.8, 4) is 0 Å². The maximum absolute atomic E-state index is 8.85. The van der Waals surface area contributed by atoms with E-state index in [1.165, 1.54) is 0 Å². The molecule has 1 N–H and O–H groups in total. The van der Waals surface area contributed by atoms with E-state index in [1.807, 2.05) is 6.92 Å². The van der Waals surface area contributed by atoms with Crippen molar-refractivity contribution in [2.45, 2.75) is 32.7 Å². The van der Waals surface area contributed by atoms with Crippen LogP contribution in [-0.2, 0) is 4.74 Å². The van der Waals surface area contributed by atoms with Crippen LogP contribution in [0, 0.1) is 5.92 Å². The van der Waals surface area contributed by atoms with Crippen molar-refractivity contribution in [1.29, 1.82) is 0 Å². The smallest absolute Gasteiger partial charge is 0.155 e. The van der Waals surface area contributed by atoms with E-state index in [-0.39, 0.29) is 6.10 Å². The molecular weight excluding hydrogens is 104 g/mol. The zero-order chi connectivity index (χ0) is 6.15. The molecule has 1 aliphatic heterocycles. The minimum absolute atomic E-state index is 0.241. The van der Waals surface area contributed by atoms with Crippen LogP contribution in [0.3, 0.4) is 0 Å². The fraction of sp³-hybridized carbons (Fsp3) is 1.00. The van der Waals surface area contributed by atoms with Crippen LogP contribution in [0.15, 0.2) is 0 Å². The van der Waals surface area contributed by atoms with Gasteiger partial charge in [-0.1, -0.05) is 6.92 Å². The number of hydrogen-bond donors (Lipinski definition) is 1. The molecule has 8 heavy (non-hydrogen) atoms. The van der Waals surface area contributed by atoms with Crippen molar-refractivity contribution in [2.75, 3.05) is 0 Å². The first-order valence-corrected chi connectivity index (χ1v) is 3.03. The third-order valence-electron chi connectivity index (χ3n) is 1.75. The van der Waals surface area contributed by atoms with E-state index >= 15 is 0 Å². The van der Waals surface area contributed by atoms with E-state index in [2.05, 4.69) is 6.92 Å². The van der Waals surface area contributed by atoms with Crippen LogP contribution in [-0.4, -0.2) is 17.5 Å². The summed E-state index contributed by atoms with van der Waals surface area (Å²) in [5.41, 5.74) is 0. The van der Waals surface area contributed by atoms with Crippen molar-refractivity contribution in [1.82, 2.24) is 0 Å². The zero-order valence-corrected chi connectivity index (χ0v) is 5.29. The predicted molar refractivity (Wildman–Crippen MR) is 30.3 cm³/mol. The highest BCUT2D eigenvalue weighted by molar-refractivity contribution is 4.69. The molecule has 0 bridgehead atoms. The zero-order valence-electron chi connectivity index (χ0n) is 5.29. The van der Waals surface area contributed by atoms with Gasteiger partial charge in [0.05, 0.1) is 6.10 Å². The number of aliphatic hydroxyl groups excluding tert-OH is 1. The maximum atomic E-state index is 8.85. The summed E-state index contributed by atoms with van der Waals surface area (Å²) in [5, 5.41) is 8.85. The molecule has 1 saturated heterocycles. The SMILES string of the molecule is C[C@@H]1CC(O)O[C@@H]1C. The molecule has 0 aromatic heterocycles. The molecule has 0 amide bonds. The Morgan fingerprint density at radius 1 is 1.50 bits per heavy atom. The molecular formula is C6H12O2. The Labute approximate surface area is 49.5 Å². The summed E-state index contributed by atoms with van der Waals surface area (Å²) in [6.07, 6.45) is 0.534. The third kappa shape index (κ3) is 1.01. The summed E-state index contributed by atoms with van der Waals surface area (Å²) in [6.45, 7) is 4.07. The second-order valence-electron chi connectivity index (χ2n) is 2.51. The molecule has 0 aromatic rings. The van der Waals surface area contributed by atoms with Gasteiger partial charge in [0.1, 0.15) is 0 Å². The second kappa shape index (κ2) is 2.03. The van der Waals surface area contributed by atoms with Crippen molar-refractivity contribution in [2.24, 2.45) is 5.92 Å². The molecule has 0 spiro atoms. The molecule has 0 aromatic carbocycles. The number of aliphatic hydroxyl groups is 1. The van der Waals surface area contributed by atoms with E-state index in [9.17, 15) is 0 Å². The topological polar surface area (TPSA) is 29.5 Å². The molecule has 1 aliphatic rings. The van der Waals surface area contributed by atoms with Crippen LogP contribution in [0.5, 0.6) is 0 Å². The average molecular weight is 116 g/mol.